The summed E-state index contributed by atoms with van der Waals surface area (Å²) in [5.41, 5.74) is 1.34. The van der Waals surface area contributed by atoms with Crippen molar-refractivity contribution in [2.24, 2.45) is 16.7 Å². The van der Waals surface area contributed by atoms with Crippen LogP contribution in [0, 0.1) is 10.8 Å². The number of hydrogen-bond acceptors (Lipinski definition) is 2. The number of hydrogen-bond donors (Lipinski definition) is 1. The average Bonchev–Trinajstić information content (AvgIpc) is 2.44. The van der Waals surface area contributed by atoms with E-state index < -0.39 is 0 Å². The fourth-order valence-corrected chi connectivity index (χ4v) is 4.33. The molecule has 2 heteroatoms. The highest BCUT2D eigenvalue weighted by atomic mass is 15.4. The van der Waals surface area contributed by atoms with E-state index in [9.17, 15) is 0 Å². The molecular formula is C10H18N2. The predicted molar refractivity (Wildman–Crippen MR) is 48.3 cm³/mol. The van der Waals surface area contributed by atoms with Gasteiger partial charge in [0.1, 0.15) is 0 Å². The minimum atomic E-state index is 0.668. The maximum atomic E-state index is 5.94. The van der Waals surface area contributed by atoms with Crippen LogP contribution in [0.3, 0.4) is 0 Å². The average molecular weight is 166 g/mol. The minimum Gasteiger partial charge on any atom is -0.269 e. The Morgan fingerprint density at radius 3 is 1.67 bits per heavy atom. The van der Waals surface area contributed by atoms with E-state index in [1.807, 2.05) is 0 Å². The molecular weight excluding hydrogens is 148 g/mol. The molecule has 2 N–H and O–H groups in total. The Balaban J connectivity index is 2.02. The monoisotopic (exact) mass is 166 g/mol. The van der Waals surface area contributed by atoms with Crippen LogP contribution in [0.1, 0.15) is 38.5 Å². The molecule has 2 nitrogen and oxygen atoms in total. The highest BCUT2D eigenvalue weighted by molar-refractivity contribution is 5.12. The zero-order chi connectivity index (χ0) is 8.23. The van der Waals surface area contributed by atoms with Crippen molar-refractivity contribution in [1.29, 1.82) is 0 Å². The van der Waals surface area contributed by atoms with Crippen molar-refractivity contribution in [3.63, 3.8) is 0 Å². The SMILES string of the molecule is NN1CC23CCCC2(CCC3)C1. The van der Waals surface area contributed by atoms with Crippen LogP contribution in [0.5, 0.6) is 0 Å². The molecule has 3 rings (SSSR count). The number of nitrogens with two attached hydrogens (primary N) is 1. The third kappa shape index (κ3) is 0.647. The summed E-state index contributed by atoms with van der Waals surface area (Å²) in [5.74, 6) is 5.94. The zero-order valence-corrected chi connectivity index (χ0v) is 7.68. The maximum Gasteiger partial charge on any atom is 0.0191 e. The summed E-state index contributed by atoms with van der Waals surface area (Å²) in [5, 5.41) is 2.08. The Morgan fingerprint density at radius 1 is 0.833 bits per heavy atom. The molecule has 3 fully saturated rings. The highest BCUT2D eigenvalue weighted by Crippen LogP contribution is 2.65. The van der Waals surface area contributed by atoms with Crippen molar-refractivity contribution in [2.75, 3.05) is 13.1 Å². The molecule has 0 aromatic rings. The summed E-state index contributed by atoms with van der Waals surface area (Å²) in [6.45, 7) is 2.38. The Kier molecular flexibility index (Phi) is 1.25. The van der Waals surface area contributed by atoms with Crippen LogP contribution in [0.4, 0.5) is 0 Å². The van der Waals surface area contributed by atoms with Gasteiger partial charge in [0, 0.05) is 13.1 Å². The highest BCUT2D eigenvalue weighted by Gasteiger charge is 2.61. The third-order valence-electron chi connectivity index (χ3n) is 4.76. The van der Waals surface area contributed by atoms with Gasteiger partial charge < -0.3 is 0 Å². The van der Waals surface area contributed by atoms with Crippen LogP contribution >= 0.6 is 0 Å². The van der Waals surface area contributed by atoms with Crippen molar-refractivity contribution in [3.8, 4) is 0 Å². The molecule has 2 aliphatic carbocycles. The van der Waals surface area contributed by atoms with E-state index in [0.717, 1.165) is 0 Å². The quantitative estimate of drug-likeness (QED) is 0.553. The summed E-state index contributed by atoms with van der Waals surface area (Å²) < 4.78 is 0. The topological polar surface area (TPSA) is 29.3 Å². The van der Waals surface area contributed by atoms with Gasteiger partial charge in [-0.2, -0.15) is 0 Å². The largest absolute Gasteiger partial charge is 0.269 e. The molecule has 12 heavy (non-hydrogen) atoms. The van der Waals surface area contributed by atoms with Crippen molar-refractivity contribution in [3.05, 3.63) is 0 Å². The maximum absolute atomic E-state index is 5.94. The van der Waals surface area contributed by atoms with Crippen molar-refractivity contribution < 1.29 is 0 Å². The standard InChI is InChI=1S/C10H18N2/c11-12-7-9-3-1-4-10(9,8-12)6-2-5-9/h1-8,11H2. The molecule has 0 aromatic carbocycles. The van der Waals surface area contributed by atoms with E-state index in [1.165, 1.54) is 51.6 Å². The van der Waals surface area contributed by atoms with E-state index in [4.69, 9.17) is 5.84 Å². The van der Waals surface area contributed by atoms with Crippen LogP contribution in [0.15, 0.2) is 0 Å². The molecule has 68 valence electrons. The lowest BCUT2D eigenvalue weighted by Gasteiger charge is -2.32. The van der Waals surface area contributed by atoms with Crippen LogP contribution in [-0.2, 0) is 0 Å². The second kappa shape index (κ2) is 2.05. The lowest BCUT2D eigenvalue weighted by Crippen LogP contribution is -2.31. The number of rotatable bonds is 0. The van der Waals surface area contributed by atoms with Crippen LogP contribution in [-0.4, -0.2) is 18.1 Å². The molecule has 0 atom stereocenters. The summed E-state index contributed by atoms with van der Waals surface area (Å²) in [7, 11) is 0. The molecule has 0 unspecified atom stereocenters. The first-order valence-electron chi connectivity index (χ1n) is 5.26. The van der Waals surface area contributed by atoms with Gasteiger partial charge in [0.05, 0.1) is 0 Å². The summed E-state index contributed by atoms with van der Waals surface area (Å²) in [6, 6.07) is 0. The first kappa shape index (κ1) is 7.34. The van der Waals surface area contributed by atoms with E-state index in [2.05, 4.69) is 5.01 Å². The molecule has 1 saturated heterocycles. The van der Waals surface area contributed by atoms with Crippen molar-refractivity contribution >= 4 is 0 Å². The lowest BCUT2D eigenvalue weighted by atomic mass is 9.71. The van der Waals surface area contributed by atoms with Gasteiger partial charge in [-0.15, -0.1) is 0 Å². The molecule has 0 radical (unpaired) electrons. The minimum absolute atomic E-state index is 0.668. The van der Waals surface area contributed by atoms with Crippen LogP contribution in [0.25, 0.3) is 0 Å². The predicted octanol–water partition coefficient (Wildman–Crippen LogP) is 1.52. The van der Waals surface area contributed by atoms with E-state index in [0.29, 0.717) is 10.8 Å². The first-order valence-corrected chi connectivity index (χ1v) is 5.26. The zero-order valence-electron chi connectivity index (χ0n) is 7.68. The number of hydrazine groups is 1. The van der Waals surface area contributed by atoms with Gasteiger partial charge in [0.2, 0.25) is 0 Å². The van der Waals surface area contributed by atoms with Crippen molar-refractivity contribution in [1.82, 2.24) is 5.01 Å². The van der Waals surface area contributed by atoms with Crippen LogP contribution < -0.4 is 5.84 Å². The van der Waals surface area contributed by atoms with Crippen LogP contribution in [0.2, 0.25) is 0 Å². The fourth-order valence-electron chi connectivity index (χ4n) is 4.33. The van der Waals surface area contributed by atoms with Gasteiger partial charge in [-0.3, -0.25) is 5.84 Å². The Bertz CT molecular complexity index is 182. The normalized spacial score (nSPS) is 52.8. The summed E-state index contributed by atoms with van der Waals surface area (Å²) in [6.07, 6.45) is 8.77. The van der Waals surface area contributed by atoms with E-state index in [1.54, 1.807) is 0 Å². The molecule has 0 amide bonds. The summed E-state index contributed by atoms with van der Waals surface area (Å²) in [4.78, 5) is 0. The molecule has 3 aliphatic rings. The summed E-state index contributed by atoms with van der Waals surface area (Å²) >= 11 is 0. The Hall–Kier alpha value is -0.0800. The first-order chi connectivity index (χ1) is 5.77. The molecule has 0 aromatic heterocycles. The second-order valence-electron chi connectivity index (χ2n) is 5.17. The molecule has 2 saturated carbocycles. The van der Waals surface area contributed by atoms with Gasteiger partial charge in [-0.1, -0.05) is 12.8 Å². The third-order valence-corrected chi connectivity index (χ3v) is 4.76. The van der Waals surface area contributed by atoms with Gasteiger partial charge >= 0.3 is 0 Å². The lowest BCUT2D eigenvalue weighted by molar-refractivity contribution is 0.184. The van der Waals surface area contributed by atoms with Gasteiger partial charge in [0.25, 0.3) is 0 Å². The molecule has 1 heterocycles. The van der Waals surface area contributed by atoms with Crippen molar-refractivity contribution in [2.45, 2.75) is 38.5 Å². The molecule has 0 bridgehead atoms. The van der Waals surface area contributed by atoms with Gasteiger partial charge in [-0.25, -0.2) is 5.01 Å². The Morgan fingerprint density at radius 2 is 1.25 bits per heavy atom. The Labute approximate surface area is 74.1 Å². The van der Waals surface area contributed by atoms with E-state index in [-0.39, 0.29) is 0 Å². The fraction of sp³-hybridized carbons (Fsp3) is 1.00. The smallest absolute Gasteiger partial charge is 0.0191 e. The number of nitrogens with zero attached hydrogens (tertiary/aromatic N) is 1. The molecule has 1 aliphatic heterocycles. The molecule has 0 spiro atoms. The van der Waals surface area contributed by atoms with E-state index >= 15 is 0 Å². The van der Waals surface area contributed by atoms with Gasteiger partial charge in [0.15, 0.2) is 0 Å². The second-order valence-corrected chi connectivity index (χ2v) is 5.17. The van der Waals surface area contributed by atoms with Gasteiger partial charge in [-0.05, 0) is 36.5 Å².